The molecule has 0 saturated carbocycles. The van der Waals surface area contributed by atoms with Crippen molar-refractivity contribution < 1.29 is 9.53 Å². The van der Waals surface area contributed by atoms with Crippen LogP contribution in [0, 0.1) is 0 Å². The molecule has 2 aromatic carbocycles. The summed E-state index contributed by atoms with van der Waals surface area (Å²) in [5.74, 6) is -0.291. The van der Waals surface area contributed by atoms with E-state index in [2.05, 4.69) is 4.99 Å². The van der Waals surface area contributed by atoms with Gasteiger partial charge in [-0.05, 0) is 30.2 Å². The number of ether oxygens (including phenoxy) is 1. The van der Waals surface area contributed by atoms with Crippen LogP contribution in [-0.4, -0.2) is 18.8 Å². The predicted molar refractivity (Wildman–Crippen MR) is 80.1 cm³/mol. The third-order valence-corrected chi connectivity index (χ3v) is 2.78. The van der Waals surface area contributed by atoms with E-state index in [1.165, 1.54) is 5.56 Å². The molecule has 0 atom stereocenters. The Kier molecular flexibility index (Phi) is 5.07. The second-order valence-corrected chi connectivity index (χ2v) is 4.30. The molecule has 0 heterocycles. The highest BCUT2D eigenvalue weighted by Gasteiger charge is 2.04. The molecular weight excluding hydrogens is 250 g/mol. The highest BCUT2D eigenvalue weighted by Crippen LogP contribution is 2.05. The zero-order chi connectivity index (χ0) is 14.2. The molecular formula is C17H17NO2. The number of hydrogen-bond acceptors (Lipinski definition) is 3. The maximum atomic E-state index is 11.5. The van der Waals surface area contributed by atoms with Gasteiger partial charge in [-0.1, -0.05) is 42.5 Å². The Morgan fingerprint density at radius 2 is 1.80 bits per heavy atom. The van der Waals surface area contributed by atoms with E-state index in [1.54, 1.807) is 19.1 Å². The summed E-state index contributed by atoms with van der Waals surface area (Å²) in [4.78, 5) is 15.9. The molecule has 20 heavy (non-hydrogen) atoms. The minimum atomic E-state index is -0.291. The van der Waals surface area contributed by atoms with Crippen molar-refractivity contribution in [3.63, 3.8) is 0 Å². The molecule has 0 fully saturated rings. The smallest absolute Gasteiger partial charge is 0.338 e. The fourth-order valence-corrected chi connectivity index (χ4v) is 1.76. The van der Waals surface area contributed by atoms with Crippen LogP contribution in [0.5, 0.6) is 0 Å². The molecule has 0 aliphatic rings. The van der Waals surface area contributed by atoms with Gasteiger partial charge < -0.3 is 4.74 Å². The largest absolute Gasteiger partial charge is 0.462 e. The van der Waals surface area contributed by atoms with Gasteiger partial charge in [0.15, 0.2) is 0 Å². The van der Waals surface area contributed by atoms with Crippen molar-refractivity contribution in [2.45, 2.75) is 13.5 Å². The number of aliphatic imine (C=N–C) groups is 1. The van der Waals surface area contributed by atoms with Crippen molar-refractivity contribution in [1.82, 2.24) is 0 Å². The Labute approximate surface area is 118 Å². The summed E-state index contributed by atoms with van der Waals surface area (Å²) in [6, 6.07) is 17.3. The van der Waals surface area contributed by atoms with Gasteiger partial charge in [-0.2, -0.15) is 0 Å². The summed E-state index contributed by atoms with van der Waals surface area (Å²) < 4.78 is 4.93. The third-order valence-electron chi connectivity index (χ3n) is 2.78. The van der Waals surface area contributed by atoms with Gasteiger partial charge >= 0.3 is 5.97 Å². The number of rotatable bonds is 5. The average Bonchev–Trinajstić information content (AvgIpc) is 2.49. The first kappa shape index (κ1) is 14.0. The quantitative estimate of drug-likeness (QED) is 0.614. The van der Waals surface area contributed by atoms with Crippen molar-refractivity contribution >= 4 is 12.2 Å². The molecule has 2 aromatic rings. The number of carbonyl (C=O) groups excluding carboxylic acids is 1. The number of benzene rings is 2. The molecule has 3 nitrogen and oxygen atoms in total. The Bertz CT molecular complexity index is 574. The van der Waals surface area contributed by atoms with E-state index in [-0.39, 0.29) is 5.97 Å². The van der Waals surface area contributed by atoms with Crippen LogP contribution < -0.4 is 0 Å². The summed E-state index contributed by atoms with van der Waals surface area (Å²) in [6.45, 7) is 2.84. The molecule has 3 heteroatoms. The van der Waals surface area contributed by atoms with Gasteiger partial charge in [0.1, 0.15) is 0 Å². The number of hydrogen-bond donors (Lipinski definition) is 0. The van der Waals surface area contributed by atoms with Gasteiger partial charge in [-0.15, -0.1) is 0 Å². The summed E-state index contributed by atoms with van der Waals surface area (Å²) >= 11 is 0. The Morgan fingerprint density at radius 1 is 1.10 bits per heavy atom. The van der Waals surface area contributed by atoms with Crippen LogP contribution in [-0.2, 0) is 11.3 Å². The van der Waals surface area contributed by atoms with E-state index in [1.807, 2.05) is 48.7 Å². The molecule has 0 spiro atoms. The highest BCUT2D eigenvalue weighted by atomic mass is 16.5. The van der Waals surface area contributed by atoms with Crippen molar-refractivity contribution in [1.29, 1.82) is 0 Å². The zero-order valence-corrected chi connectivity index (χ0v) is 11.5. The van der Waals surface area contributed by atoms with E-state index in [0.29, 0.717) is 18.7 Å². The maximum Gasteiger partial charge on any atom is 0.338 e. The molecule has 0 aliphatic carbocycles. The molecule has 0 saturated heterocycles. The summed E-state index contributed by atoms with van der Waals surface area (Å²) in [5, 5.41) is 0. The molecule has 0 aromatic heterocycles. The lowest BCUT2D eigenvalue weighted by molar-refractivity contribution is 0.0526. The Morgan fingerprint density at radius 3 is 2.45 bits per heavy atom. The van der Waals surface area contributed by atoms with Crippen LogP contribution in [0.1, 0.15) is 28.4 Å². The van der Waals surface area contributed by atoms with Crippen molar-refractivity contribution in [2.75, 3.05) is 6.61 Å². The first-order chi connectivity index (χ1) is 9.79. The van der Waals surface area contributed by atoms with Gasteiger partial charge in [-0.3, -0.25) is 4.99 Å². The molecule has 0 unspecified atom stereocenters. The number of nitrogens with zero attached hydrogens (tertiary/aromatic N) is 1. The summed E-state index contributed by atoms with van der Waals surface area (Å²) in [7, 11) is 0. The number of carbonyl (C=O) groups is 1. The predicted octanol–water partition coefficient (Wildman–Crippen LogP) is 3.48. The van der Waals surface area contributed by atoms with Crippen molar-refractivity contribution in [2.24, 2.45) is 4.99 Å². The fourth-order valence-electron chi connectivity index (χ4n) is 1.76. The summed E-state index contributed by atoms with van der Waals surface area (Å²) in [6.07, 6.45) is 1.81. The normalized spacial score (nSPS) is 10.7. The first-order valence-electron chi connectivity index (χ1n) is 6.60. The Hall–Kier alpha value is -2.42. The lowest BCUT2D eigenvalue weighted by atomic mass is 10.1. The summed E-state index contributed by atoms with van der Waals surface area (Å²) in [5.41, 5.74) is 2.70. The van der Waals surface area contributed by atoms with E-state index >= 15 is 0 Å². The standard InChI is InChI=1S/C17H17NO2/c1-2-20-17(19)16-10-8-15(9-11-16)13-18-12-14-6-4-3-5-7-14/h3-11,13H,2,12H2,1H3. The van der Waals surface area contributed by atoms with Gasteiger partial charge in [0.05, 0.1) is 18.7 Å². The first-order valence-corrected chi connectivity index (χ1v) is 6.60. The SMILES string of the molecule is CCOC(=O)c1ccc(C=NCc2ccccc2)cc1. The molecule has 0 aliphatic heterocycles. The van der Waals surface area contributed by atoms with Gasteiger partial charge in [0, 0.05) is 6.21 Å². The van der Waals surface area contributed by atoms with Crippen molar-refractivity contribution in [3.05, 3.63) is 71.3 Å². The maximum absolute atomic E-state index is 11.5. The fraction of sp³-hybridized carbons (Fsp3) is 0.176. The van der Waals surface area contributed by atoms with Gasteiger partial charge in [-0.25, -0.2) is 4.79 Å². The lowest BCUT2D eigenvalue weighted by Gasteiger charge is -2.01. The molecule has 0 bridgehead atoms. The highest BCUT2D eigenvalue weighted by molar-refractivity contribution is 5.90. The molecule has 0 N–H and O–H groups in total. The van der Waals surface area contributed by atoms with Crippen LogP contribution >= 0.6 is 0 Å². The monoisotopic (exact) mass is 267 g/mol. The van der Waals surface area contributed by atoms with Crippen LogP contribution in [0.3, 0.4) is 0 Å². The van der Waals surface area contributed by atoms with Gasteiger partial charge in [0.25, 0.3) is 0 Å². The van der Waals surface area contributed by atoms with Crippen molar-refractivity contribution in [3.8, 4) is 0 Å². The Balaban J connectivity index is 1.95. The minimum absolute atomic E-state index is 0.291. The zero-order valence-electron chi connectivity index (χ0n) is 11.5. The second-order valence-electron chi connectivity index (χ2n) is 4.30. The van der Waals surface area contributed by atoms with E-state index in [4.69, 9.17) is 4.74 Å². The van der Waals surface area contributed by atoms with Crippen LogP contribution in [0.2, 0.25) is 0 Å². The molecule has 2 rings (SSSR count). The van der Waals surface area contributed by atoms with E-state index in [9.17, 15) is 4.79 Å². The minimum Gasteiger partial charge on any atom is -0.462 e. The average molecular weight is 267 g/mol. The topological polar surface area (TPSA) is 38.7 Å². The van der Waals surface area contributed by atoms with Crippen LogP contribution in [0.4, 0.5) is 0 Å². The molecule has 0 amide bonds. The van der Waals surface area contributed by atoms with Crippen LogP contribution in [0.25, 0.3) is 0 Å². The van der Waals surface area contributed by atoms with Crippen LogP contribution in [0.15, 0.2) is 59.6 Å². The van der Waals surface area contributed by atoms with E-state index in [0.717, 1.165) is 5.56 Å². The third kappa shape index (κ3) is 4.05. The second kappa shape index (κ2) is 7.24. The lowest BCUT2D eigenvalue weighted by Crippen LogP contribution is -2.04. The van der Waals surface area contributed by atoms with E-state index < -0.39 is 0 Å². The number of esters is 1. The van der Waals surface area contributed by atoms with Gasteiger partial charge in [0.2, 0.25) is 0 Å². The molecule has 102 valence electrons. The molecule has 0 radical (unpaired) electrons.